The summed E-state index contributed by atoms with van der Waals surface area (Å²) in [6, 6.07) is 9.30. The van der Waals surface area contributed by atoms with Crippen LogP contribution in [0.15, 0.2) is 59.2 Å². The fraction of sp³-hybridized carbons (Fsp3) is 0.346. The third-order valence-electron chi connectivity index (χ3n) is 6.13. The van der Waals surface area contributed by atoms with Crippen LogP contribution in [0.4, 0.5) is 10.3 Å². The monoisotopic (exact) mass is 463 g/mol. The average molecular weight is 464 g/mol. The van der Waals surface area contributed by atoms with Crippen molar-refractivity contribution in [2.75, 3.05) is 32.1 Å². The molecule has 8 heteroatoms. The summed E-state index contributed by atoms with van der Waals surface area (Å²) in [4.78, 5) is 20.6. The minimum Gasteiger partial charge on any atom is -0.497 e. The number of rotatable bonds is 7. The maximum Gasteiger partial charge on any atom is 0.263 e. The lowest BCUT2D eigenvalue weighted by molar-refractivity contribution is 0.415. The molecule has 1 aromatic heterocycles. The van der Waals surface area contributed by atoms with Crippen LogP contribution in [0.5, 0.6) is 5.75 Å². The van der Waals surface area contributed by atoms with Crippen LogP contribution in [0.25, 0.3) is 16.7 Å². The lowest BCUT2D eigenvalue weighted by Crippen LogP contribution is -2.43. The van der Waals surface area contributed by atoms with Crippen LogP contribution in [0.2, 0.25) is 0 Å². The predicted octanol–water partition coefficient (Wildman–Crippen LogP) is 3.98. The van der Waals surface area contributed by atoms with E-state index in [1.807, 2.05) is 7.05 Å². The van der Waals surface area contributed by atoms with Gasteiger partial charge in [0.15, 0.2) is 0 Å². The van der Waals surface area contributed by atoms with E-state index in [9.17, 15) is 9.18 Å². The molecule has 0 aliphatic carbocycles. The molecule has 0 bridgehead atoms. The van der Waals surface area contributed by atoms with Gasteiger partial charge in [-0.05, 0) is 62.2 Å². The largest absolute Gasteiger partial charge is 0.497 e. The highest BCUT2D eigenvalue weighted by Crippen LogP contribution is 2.30. The van der Waals surface area contributed by atoms with Crippen LogP contribution in [0.3, 0.4) is 0 Å². The van der Waals surface area contributed by atoms with Crippen LogP contribution in [-0.4, -0.2) is 42.8 Å². The van der Waals surface area contributed by atoms with Gasteiger partial charge in [-0.1, -0.05) is 18.7 Å². The molecule has 0 spiro atoms. The van der Waals surface area contributed by atoms with Crippen molar-refractivity contribution in [3.8, 4) is 22.9 Å². The van der Waals surface area contributed by atoms with E-state index in [0.717, 1.165) is 32.0 Å². The number of hydrogen-bond acceptors (Lipinski definition) is 6. The van der Waals surface area contributed by atoms with Gasteiger partial charge in [0.25, 0.3) is 5.56 Å². The predicted molar refractivity (Wildman–Crippen MR) is 133 cm³/mol. The highest BCUT2D eigenvalue weighted by molar-refractivity contribution is 5.80. The number of aromatic nitrogens is 2. The van der Waals surface area contributed by atoms with E-state index in [1.54, 1.807) is 56.0 Å². The number of methoxy groups -OCH3 is 1. The van der Waals surface area contributed by atoms with E-state index in [-0.39, 0.29) is 11.1 Å². The summed E-state index contributed by atoms with van der Waals surface area (Å²) in [5, 5.41) is 12.5. The Hall–Kier alpha value is -3.70. The lowest BCUT2D eigenvalue weighted by atomic mass is 10.00. The summed E-state index contributed by atoms with van der Waals surface area (Å²) in [7, 11) is 5.23. The molecule has 1 saturated heterocycles. The van der Waals surface area contributed by atoms with Crippen molar-refractivity contribution in [3.05, 3.63) is 70.4 Å². The second-order valence-electron chi connectivity index (χ2n) is 8.18. The molecule has 2 heterocycles. The molecule has 178 valence electrons. The zero-order valence-corrected chi connectivity index (χ0v) is 20.1. The smallest absolute Gasteiger partial charge is 0.263 e. The van der Waals surface area contributed by atoms with Gasteiger partial charge in [0.05, 0.1) is 23.9 Å². The normalized spacial score (nSPS) is 15.5. The van der Waals surface area contributed by atoms with Gasteiger partial charge in [0, 0.05) is 26.2 Å². The summed E-state index contributed by atoms with van der Waals surface area (Å²) < 4.78 is 21.5. The summed E-state index contributed by atoms with van der Waals surface area (Å²) >= 11 is 0. The molecule has 1 aliphatic heterocycles. The maximum absolute atomic E-state index is 14.7. The van der Waals surface area contributed by atoms with E-state index in [4.69, 9.17) is 15.0 Å². The number of allylic oxidation sites excluding steroid dienone is 5. The number of nitriles is 1. The Morgan fingerprint density at radius 1 is 1.32 bits per heavy atom. The van der Waals surface area contributed by atoms with Gasteiger partial charge in [-0.3, -0.25) is 9.36 Å². The molecule has 0 amide bonds. The number of nitrogens with zero attached hydrogens (tertiary/aromatic N) is 4. The Morgan fingerprint density at radius 2 is 1.97 bits per heavy atom. The number of piperidine rings is 1. The van der Waals surface area contributed by atoms with E-state index >= 15 is 0 Å². The second kappa shape index (κ2) is 10.9. The summed E-state index contributed by atoms with van der Waals surface area (Å²) in [5.41, 5.74) is 1.40. The van der Waals surface area contributed by atoms with E-state index in [2.05, 4.69) is 16.8 Å². The fourth-order valence-electron chi connectivity index (χ4n) is 4.08. The molecule has 1 fully saturated rings. The van der Waals surface area contributed by atoms with Gasteiger partial charge < -0.3 is 15.0 Å². The Morgan fingerprint density at radius 3 is 2.50 bits per heavy atom. The van der Waals surface area contributed by atoms with E-state index in [1.165, 1.54) is 6.08 Å². The first-order valence-electron chi connectivity index (χ1n) is 11.1. The van der Waals surface area contributed by atoms with Crippen molar-refractivity contribution < 1.29 is 9.13 Å². The fourth-order valence-corrected chi connectivity index (χ4v) is 4.08. The van der Waals surface area contributed by atoms with E-state index < -0.39 is 5.83 Å². The molecule has 1 aromatic carbocycles. The summed E-state index contributed by atoms with van der Waals surface area (Å²) in [5.74, 6) is 0.465. The Labute approximate surface area is 199 Å². The standard InChI is InChI=1S/C26H30FN5O2/c1-6-18(16-28)22(27)15-17(2)24-23(19-7-9-21(34-5)10-8-19)25(33)31(4)26(30-24)32-13-11-20(29-3)12-14-32/h6-10,15,20,29H,1,11-14H2,2-5H3/b17-15+,22-18-. The number of benzene rings is 1. The van der Waals surface area contributed by atoms with Gasteiger partial charge >= 0.3 is 0 Å². The molecule has 2 aromatic rings. The maximum atomic E-state index is 14.7. The highest BCUT2D eigenvalue weighted by Gasteiger charge is 2.24. The number of ether oxygens (including phenoxy) is 1. The Balaban J connectivity index is 2.21. The molecular weight excluding hydrogens is 433 g/mol. The number of halogens is 1. The SMILES string of the molecule is C=C/C(C#N)=C(F)\C=C(/C)c1nc(N2CCC(NC)CC2)n(C)c(=O)c1-c1ccc(OC)cc1. The Kier molecular flexibility index (Phi) is 8.03. The quantitative estimate of drug-likeness (QED) is 0.494. The Bertz CT molecular complexity index is 1210. The van der Waals surface area contributed by atoms with Crippen molar-refractivity contribution in [2.45, 2.75) is 25.8 Å². The summed E-state index contributed by atoms with van der Waals surface area (Å²) in [6.07, 6.45) is 4.25. The van der Waals surface area contributed by atoms with Gasteiger partial charge in [0.1, 0.15) is 17.6 Å². The third-order valence-corrected chi connectivity index (χ3v) is 6.13. The van der Waals surface area contributed by atoms with Crippen LogP contribution in [0.1, 0.15) is 25.5 Å². The molecule has 1 N–H and O–H groups in total. The first-order valence-corrected chi connectivity index (χ1v) is 11.1. The van der Waals surface area contributed by atoms with Crippen molar-refractivity contribution in [1.82, 2.24) is 14.9 Å². The van der Waals surface area contributed by atoms with Crippen molar-refractivity contribution in [3.63, 3.8) is 0 Å². The van der Waals surface area contributed by atoms with Gasteiger partial charge in [-0.25, -0.2) is 9.37 Å². The van der Waals surface area contributed by atoms with E-state index in [0.29, 0.717) is 40.1 Å². The van der Waals surface area contributed by atoms with Crippen LogP contribution < -0.4 is 20.5 Å². The topological polar surface area (TPSA) is 83.2 Å². The lowest BCUT2D eigenvalue weighted by Gasteiger charge is -2.33. The molecule has 0 radical (unpaired) electrons. The van der Waals surface area contributed by atoms with Crippen LogP contribution in [0, 0.1) is 11.3 Å². The molecule has 0 atom stereocenters. The first kappa shape index (κ1) is 24.9. The number of nitrogens with one attached hydrogen (secondary N) is 1. The number of hydrogen-bond donors (Lipinski definition) is 1. The van der Waals surface area contributed by atoms with Crippen molar-refractivity contribution >= 4 is 11.5 Å². The van der Waals surface area contributed by atoms with Gasteiger partial charge in [0.2, 0.25) is 5.95 Å². The zero-order chi connectivity index (χ0) is 24.8. The molecule has 1 aliphatic rings. The third kappa shape index (κ3) is 5.10. The minimum absolute atomic E-state index is 0.177. The minimum atomic E-state index is -0.727. The first-order chi connectivity index (χ1) is 16.3. The van der Waals surface area contributed by atoms with Crippen molar-refractivity contribution in [2.24, 2.45) is 7.05 Å². The second-order valence-corrected chi connectivity index (χ2v) is 8.18. The van der Waals surface area contributed by atoms with Gasteiger partial charge in [-0.2, -0.15) is 5.26 Å². The molecule has 0 unspecified atom stereocenters. The highest BCUT2D eigenvalue weighted by atomic mass is 19.1. The molecule has 7 nitrogen and oxygen atoms in total. The molecule has 3 rings (SSSR count). The molecule has 34 heavy (non-hydrogen) atoms. The molecular formula is C26H30FN5O2. The van der Waals surface area contributed by atoms with Gasteiger partial charge in [-0.15, -0.1) is 0 Å². The number of anilines is 1. The van der Waals surface area contributed by atoms with Crippen LogP contribution >= 0.6 is 0 Å². The van der Waals surface area contributed by atoms with Crippen molar-refractivity contribution in [1.29, 1.82) is 5.26 Å². The summed E-state index contributed by atoms with van der Waals surface area (Å²) in [6.45, 7) is 6.67. The van der Waals surface area contributed by atoms with Crippen LogP contribution in [-0.2, 0) is 7.05 Å². The average Bonchev–Trinajstić information content (AvgIpc) is 2.86. The zero-order valence-electron chi connectivity index (χ0n) is 20.1. The molecule has 0 saturated carbocycles.